The second-order valence-electron chi connectivity index (χ2n) is 3.06. The third-order valence-electron chi connectivity index (χ3n) is 1.83. The third-order valence-corrected chi connectivity index (χ3v) is 1.83. The maximum Gasteiger partial charge on any atom is 0.142 e. The van der Waals surface area contributed by atoms with E-state index in [2.05, 4.69) is 0 Å². The van der Waals surface area contributed by atoms with E-state index in [1.54, 1.807) is 6.08 Å². The van der Waals surface area contributed by atoms with Gasteiger partial charge in [0.1, 0.15) is 6.29 Å². The summed E-state index contributed by atoms with van der Waals surface area (Å²) in [5.41, 5.74) is 1.05. The molecule has 0 radical (unpaired) electrons. The van der Waals surface area contributed by atoms with Crippen LogP contribution in [-0.2, 0) is 4.79 Å². The minimum Gasteiger partial charge on any atom is -0.299 e. The molecule has 0 aliphatic rings. The highest BCUT2D eigenvalue weighted by atomic mass is 16.1. The normalized spacial score (nSPS) is 9.25. The average molecular weight is 210 g/mol. The molecule has 2 aromatic rings. The second-order valence-corrected chi connectivity index (χ2v) is 3.06. The van der Waals surface area contributed by atoms with Crippen molar-refractivity contribution in [1.82, 2.24) is 0 Å². The van der Waals surface area contributed by atoms with E-state index in [0.717, 1.165) is 11.8 Å². The number of hydrogen-bond donors (Lipinski definition) is 0. The van der Waals surface area contributed by atoms with Crippen LogP contribution in [0.25, 0.3) is 6.08 Å². The molecule has 0 aliphatic carbocycles. The molecule has 0 fully saturated rings. The van der Waals surface area contributed by atoms with Crippen LogP contribution < -0.4 is 0 Å². The van der Waals surface area contributed by atoms with Crippen molar-refractivity contribution >= 4 is 12.4 Å². The largest absolute Gasteiger partial charge is 0.299 e. The van der Waals surface area contributed by atoms with Gasteiger partial charge in [-0.2, -0.15) is 0 Å². The zero-order valence-corrected chi connectivity index (χ0v) is 8.99. The van der Waals surface area contributed by atoms with Crippen LogP contribution in [0.3, 0.4) is 0 Å². The predicted octanol–water partition coefficient (Wildman–Crippen LogP) is 3.59. The lowest BCUT2D eigenvalue weighted by Gasteiger charge is -1.86. The summed E-state index contributed by atoms with van der Waals surface area (Å²) in [6, 6.07) is 21.7. The standard InChI is InChI=1S/C9H8O.C6H6/c10-8-4-7-9-5-2-1-3-6-9;1-2-4-6-5-3-1/h1-8H;1-6H/b7-4+;. The fourth-order valence-electron chi connectivity index (χ4n) is 1.10. The zero-order valence-electron chi connectivity index (χ0n) is 8.99. The van der Waals surface area contributed by atoms with Crippen molar-refractivity contribution in [3.05, 3.63) is 78.4 Å². The summed E-state index contributed by atoms with van der Waals surface area (Å²) in [4.78, 5) is 9.89. The molecule has 1 heteroatoms. The van der Waals surface area contributed by atoms with Gasteiger partial charge in [0.15, 0.2) is 0 Å². The van der Waals surface area contributed by atoms with Gasteiger partial charge in [-0.1, -0.05) is 72.8 Å². The molecule has 0 saturated carbocycles. The maximum absolute atomic E-state index is 9.89. The lowest BCUT2D eigenvalue weighted by atomic mass is 10.2. The molecular weight excluding hydrogens is 196 g/mol. The minimum atomic E-state index is 0.771. The molecular formula is C15H14O. The molecule has 0 atom stereocenters. The second kappa shape index (κ2) is 8.18. The first-order valence-corrected chi connectivity index (χ1v) is 5.10. The topological polar surface area (TPSA) is 17.1 Å². The Labute approximate surface area is 96.1 Å². The molecule has 2 aromatic carbocycles. The average Bonchev–Trinajstić information content (AvgIpc) is 2.40. The SMILES string of the molecule is O=C/C=C/c1ccccc1.c1ccccc1. The first-order valence-electron chi connectivity index (χ1n) is 5.10. The number of allylic oxidation sites excluding steroid dienone is 1. The summed E-state index contributed by atoms with van der Waals surface area (Å²) in [5.74, 6) is 0. The highest BCUT2D eigenvalue weighted by molar-refractivity contribution is 5.73. The highest BCUT2D eigenvalue weighted by Gasteiger charge is 1.79. The monoisotopic (exact) mass is 210 g/mol. The number of carbonyl (C=O) groups excluding carboxylic acids is 1. The Morgan fingerprint density at radius 3 is 1.56 bits per heavy atom. The molecule has 1 nitrogen and oxygen atoms in total. The number of rotatable bonds is 2. The van der Waals surface area contributed by atoms with Crippen molar-refractivity contribution in [3.8, 4) is 0 Å². The summed E-state index contributed by atoms with van der Waals surface area (Å²) >= 11 is 0. The zero-order chi connectivity index (χ0) is 11.5. The number of aldehydes is 1. The Hall–Kier alpha value is -2.15. The molecule has 0 heterocycles. The van der Waals surface area contributed by atoms with Crippen LogP contribution >= 0.6 is 0 Å². The van der Waals surface area contributed by atoms with Gasteiger partial charge in [0.25, 0.3) is 0 Å². The van der Waals surface area contributed by atoms with E-state index in [1.165, 1.54) is 6.08 Å². The van der Waals surface area contributed by atoms with Crippen molar-refractivity contribution in [2.75, 3.05) is 0 Å². The molecule has 16 heavy (non-hydrogen) atoms. The fraction of sp³-hybridized carbons (Fsp3) is 0. The molecule has 0 unspecified atom stereocenters. The van der Waals surface area contributed by atoms with Crippen LogP contribution in [0.5, 0.6) is 0 Å². The van der Waals surface area contributed by atoms with Crippen LogP contribution in [-0.4, -0.2) is 6.29 Å². The van der Waals surface area contributed by atoms with Crippen molar-refractivity contribution in [2.24, 2.45) is 0 Å². The lowest BCUT2D eigenvalue weighted by Crippen LogP contribution is -1.67. The third kappa shape index (κ3) is 5.55. The van der Waals surface area contributed by atoms with Gasteiger partial charge < -0.3 is 0 Å². The number of carbonyl (C=O) groups is 1. The molecule has 0 aliphatic heterocycles. The predicted molar refractivity (Wildman–Crippen MR) is 68.0 cm³/mol. The summed E-state index contributed by atoms with van der Waals surface area (Å²) in [7, 11) is 0. The molecule has 0 N–H and O–H groups in total. The highest BCUT2D eigenvalue weighted by Crippen LogP contribution is 1.99. The van der Waals surface area contributed by atoms with Gasteiger partial charge in [0, 0.05) is 0 Å². The molecule has 0 amide bonds. The van der Waals surface area contributed by atoms with E-state index >= 15 is 0 Å². The van der Waals surface area contributed by atoms with Gasteiger partial charge in [0.05, 0.1) is 0 Å². The first-order chi connectivity index (χ1) is 7.93. The summed E-state index contributed by atoms with van der Waals surface area (Å²) in [5, 5.41) is 0. The van der Waals surface area contributed by atoms with Gasteiger partial charge in [-0.15, -0.1) is 0 Å². The van der Waals surface area contributed by atoms with Crippen LogP contribution in [0.4, 0.5) is 0 Å². The first kappa shape index (κ1) is 11.9. The lowest BCUT2D eigenvalue weighted by molar-refractivity contribution is -0.104. The van der Waals surface area contributed by atoms with Gasteiger partial charge in [-0.05, 0) is 11.6 Å². The quantitative estimate of drug-likeness (QED) is 0.547. The van der Waals surface area contributed by atoms with E-state index in [1.807, 2.05) is 66.7 Å². The Kier molecular flexibility index (Phi) is 6.10. The van der Waals surface area contributed by atoms with Gasteiger partial charge >= 0.3 is 0 Å². The maximum atomic E-state index is 9.89. The summed E-state index contributed by atoms with van der Waals surface area (Å²) < 4.78 is 0. The number of hydrogen-bond acceptors (Lipinski definition) is 1. The Balaban J connectivity index is 0.000000181. The van der Waals surface area contributed by atoms with Crippen molar-refractivity contribution in [2.45, 2.75) is 0 Å². The van der Waals surface area contributed by atoms with E-state index < -0.39 is 0 Å². The van der Waals surface area contributed by atoms with Crippen LogP contribution in [0, 0.1) is 0 Å². The van der Waals surface area contributed by atoms with E-state index in [0.29, 0.717) is 0 Å². The summed E-state index contributed by atoms with van der Waals surface area (Å²) in [6.45, 7) is 0. The molecule has 0 saturated heterocycles. The van der Waals surface area contributed by atoms with Gasteiger partial charge in [-0.3, -0.25) is 4.79 Å². The van der Waals surface area contributed by atoms with E-state index in [4.69, 9.17) is 0 Å². The van der Waals surface area contributed by atoms with Gasteiger partial charge in [0.2, 0.25) is 0 Å². The summed E-state index contributed by atoms with van der Waals surface area (Å²) in [6.07, 6.45) is 4.02. The van der Waals surface area contributed by atoms with Crippen molar-refractivity contribution in [1.29, 1.82) is 0 Å². The molecule has 0 aromatic heterocycles. The molecule has 0 spiro atoms. The minimum absolute atomic E-state index is 0.771. The van der Waals surface area contributed by atoms with Crippen LogP contribution in [0.2, 0.25) is 0 Å². The van der Waals surface area contributed by atoms with Crippen molar-refractivity contribution in [3.63, 3.8) is 0 Å². The van der Waals surface area contributed by atoms with E-state index in [9.17, 15) is 4.79 Å². The van der Waals surface area contributed by atoms with E-state index in [-0.39, 0.29) is 0 Å². The fourth-order valence-corrected chi connectivity index (χ4v) is 1.10. The van der Waals surface area contributed by atoms with Gasteiger partial charge in [-0.25, -0.2) is 0 Å². The van der Waals surface area contributed by atoms with Crippen LogP contribution in [0.1, 0.15) is 5.56 Å². The molecule has 80 valence electrons. The smallest absolute Gasteiger partial charge is 0.142 e. The Morgan fingerprint density at radius 1 is 0.688 bits per heavy atom. The van der Waals surface area contributed by atoms with Crippen LogP contribution in [0.15, 0.2) is 72.8 Å². The van der Waals surface area contributed by atoms with Crippen molar-refractivity contribution < 1.29 is 4.79 Å². The molecule has 2 rings (SSSR count). The Morgan fingerprint density at radius 2 is 1.12 bits per heavy atom. The Bertz CT molecular complexity index is 377. The molecule has 0 bridgehead atoms. The number of benzene rings is 2.